The Hall–Kier alpha value is -2.72. The van der Waals surface area contributed by atoms with Crippen molar-refractivity contribution in [2.24, 2.45) is 0 Å². The van der Waals surface area contributed by atoms with Crippen LogP contribution in [0.3, 0.4) is 0 Å². The first-order chi connectivity index (χ1) is 13.5. The van der Waals surface area contributed by atoms with Crippen molar-refractivity contribution in [3.8, 4) is 16.9 Å². The smallest absolute Gasteiger partial charge is 0.298 e. The molecule has 0 bridgehead atoms. The molecule has 3 rings (SSSR count). The van der Waals surface area contributed by atoms with Crippen LogP contribution in [0, 0.1) is 0 Å². The van der Waals surface area contributed by atoms with Gasteiger partial charge in [0.2, 0.25) is 0 Å². The lowest BCUT2D eigenvalue weighted by molar-refractivity contribution is 0.435. The number of rotatable bonds is 5. The molecule has 3 aromatic carbocycles. The molecule has 3 aromatic rings. The largest absolute Gasteiger partial charge is 0.506 e. The fourth-order valence-electron chi connectivity index (χ4n) is 3.23. The second-order valence-electron chi connectivity index (χ2n) is 6.47. The molecule has 152 valence electrons. The summed E-state index contributed by atoms with van der Waals surface area (Å²) in [6.07, 6.45) is 0. The van der Waals surface area contributed by atoms with E-state index in [0.717, 1.165) is 6.07 Å². The molecule has 9 heteroatoms. The van der Waals surface area contributed by atoms with Crippen molar-refractivity contribution in [2.45, 2.75) is 22.6 Å². The van der Waals surface area contributed by atoms with Crippen molar-refractivity contribution in [3.05, 3.63) is 77.9 Å². The highest BCUT2D eigenvalue weighted by Crippen LogP contribution is 2.44. The third-order valence-corrected chi connectivity index (χ3v) is 6.40. The SMILES string of the molecule is CC(c1ccccc1)c1cc(S(=O)(=O)O)c(-c2ccccc2)c(S(=O)(=O)O)c1O. The van der Waals surface area contributed by atoms with E-state index in [2.05, 4.69) is 0 Å². The number of hydrogen-bond acceptors (Lipinski definition) is 5. The summed E-state index contributed by atoms with van der Waals surface area (Å²) in [5.41, 5.74) is 0.174. The van der Waals surface area contributed by atoms with Gasteiger partial charge in [-0.3, -0.25) is 9.11 Å². The van der Waals surface area contributed by atoms with E-state index in [1.165, 1.54) is 24.3 Å². The average Bonchev–Trinajstić information content (AvgIpc) is 2.66. The van der Waals surface area contributed by atoms with Crippen molar-refractivity contribution >= 4 is 20.2 Å². The molecule has 0 amide bonds. The van der Waals surface area contributed by atoms with Crippen LogP contribution >= 0.6 is 0 Å². The van der Waals surface area contributed by atoms with Gasteiger partial charge in [-0.15, -0.1) is 0 Å². The molecule has 1 atom stereocenters. The van der Waals surface area contributed by atoms with E-state index in [1.54, 1.807) is 43.3 Å². The zero-order valence-corrected chi connectivity index (χ0v) is 16.9. The fourth-order valence-corrected chi connectivity index (χ4v) is 4.89. The number of benzene rings is 3. The monoisotopic (exact) mass is 434 g/mol. The molecular weight excluding hydrogens is 416 g/mol. The fraction of sp³-hybridized carbons (Fsp3) is 0.100. The maximum Gasteiger partial charge on any atom is 0.298 e. The standard InChI is InChI=1S/C20H18O7S2/c1-13(14-8-4-2-5-9-14)16-12-17(28(22,23)24)18(15-10-6-3-7-11-15)20(19(16)21)29(25,26)27/h2-13,21H,1H3,(H,22,23,24)(H,25,26,27). The van der Waals surface area contributed by atoms with Crippen LogP contribution in [0.2, 0.25) is 0 Å². The summed E-state index contributed by atoms with van der Waals surface area (Å²) in [5, 5.41) is 10.8. The van der Waals surface area contributed by atoms with Crippen LogP contribution in [0.25, 0.3) is 11.1 Å². The van der Waals surface area contributed by atoms with Crippen molar-refractivity contribution in [3.63, 3.8) is 0 Å². The summed E-state index contributed by atoms with van der Waals surface area (Å²) in [4.78, 5) is -1.71. The van der Waals surface area contributed by atoms with Crippen LogP contribution in [0.15, 0.2) is 76.5 Å². The summed E-state index contributed by atoms with van der Waals surface area (Å²) in [6.45, 7) is 1.63. The maximum absolute atomic E-state index is 12.2. The molecule has 0 aromatic heterocycles. The molecule has 0 saturated heterocycles. The van der Waals surface area contributed by atoms with Gasteiger partial charge in [-0.05, 0) is 17.2 Å². The molecule has 0 aliphatic rings. The third-order valence-electron chi connectivity index (χ3n) is 4.61. The van der Waals surface area contributed by atoms with Crippen LogP contribution in [-0.2, 0) is 20.2 Å². The quantitative estimate of drug-likeness (QED) is 0.522. The Morgan fingerprint density at radius 1 is 0.793 bits per heavy atom. The van der Waals surface area contributed by atoms with E-state index in [-0.39, 0.29) is 11.1 Å². The third kappa shape index (κ3) is 4.18. The van der Waals surface area contributed by atoms with Gasteiger partial charge in [-0.25, -0.2) is 0 Å². The Bertz CT molecular complexity index is 1250. The Kier molecular flexibility index (Phi) is 5.50. The molecule has 29 heavy (non-hydrogen) atoms. The van der Waals surface area contributed by atoms with Crippen molar-refractivity contribution in [1.29, 1.82) is 0 Å². The molecule has 1 unspecified atom stereocenters. The minimum atomic E-state index is -5.06. The number of aromatic hydroxyl groups is 1. The van der Waals surface area contributed by atoms with Gasteiger partial charge in [0, 0.05) is 17.0 Å². The highest BCUT2D eigenvalue weighted by Gasteiger charge is 2.32. The summed E-state index contributed by atoms with van der Waals surface area (Å²) >= 11 is 0. The Morgan fingerprint density at radius 3 is 1.79 bits per heavy atom. The molecular formula is C20H18O7S2. The summed E-state index contributed by atoms with van der Waals surface area (Å²) in [7, 11) is -9.96. The lowest BCUT2D eigenvalue weighted by Gasteiger charge is -2.20. The normalized spacial score (nSPS) is 13.2. The lowest BCUT2D eigenvalue weighted by Crippen LogP contribution is -2.11. The van der Waals surface area contributed by atoms with E-state index in [4.69, 9.17) is 0 Å². The van der Waals surface area contributed by atoms with Crippen LogP contribution in [-0.4, -0.2) is 31.0 Å². The van der Waals surface area contributed by atoms with Crippen molar-refractivity contribution in [2.75, 3.05) is 0 Å². The summed E-state index contributed by atoms with van der Waals surface area (Å²) < 4.78 is 68.2. The second kappa shape index (κ2) is 7.60. The molecule has 0 fully saturated rings. The van der Waals surface area contributed by atoms with Crippen LogP contribution < -0.4 is 0 Å². The first kappa shape index (κ1) is 21.0. The number of phenols is 1. The molecule has 3 N–H and O–H groups in total. The van der Waals surface area contributed by atoms with Gasteiger partial charge in [-0.1, -0.05) is 67.6 Å². The summed E-state index contributed by atoms with van der Waals surface area (Å²) in [6, 6.07) is 17.2. The Balaban J connectivity index is 2.47. The Labute approximate surface area is 168 Å². The van der Waals surface area contributed by atoms with Crippen LogP contribution in [0.4, 0.5) is 0 Å². The number of phenolic OH excluding ortho intramolecular Hbond substituents is 1. The predicted octanol–water partition coefficient (Wildman–Crippen LogP) is 3.70. The highest BCUT2D eigenvalue weighted by molar-refractivity contribution is 7.87. The van der Waals surface area contributed by atoms with Gasteiger partial charge in [0.1, 0.15) is 15.5 Å². The topological polar surface area (TPSA) is 129 Å². The summed E-state index contributed by atoms with van der Waals surface area (Å²) in [5.74, 6) is -1.42. The minimum absolute atomic E-state index is 0.0730. The lowest BCUT2D eigenvalue weighted by atomic mass is 9.90. The minimum Gasteiger partial charge on any atom is -0.506 e. The van der Waals surface area contributed by atoms with Gasteiger partial charge in [0.05, 0.1) is 0 Å². The highest BCUT2D eigenvalue weighted by atomic mass is 32.2. The molecule has 0 radical (unpaired) electrons. The molecule has 0 saturated carbocycles. The van der Waals surface area contributed by atoms with Crippen LogP contribution in [0.1, 0.15) is 24.0 Å². The van der Waals surface area contributed by atoms with Gasteiger partial charge >= 0.3 is 0 Å². The molecule has 0 heterocycles. The molecule has 0 spiro atoms. The molecule has 0 aliphatic heterocycles. The van der Waals surface area contributed by atoms with E-state index >= 15 is 0 Å². The Morgan fingerprint density at radius 2 is 1.31 bits per heavy atom. The average molecular weight is 434 g/mol. The van der Waals surface area contributed by atoms with Gasteiger partial charge < -0.3 is 5.11 Å². The molecule has 0 aliphatic carbocycles. The van der Waals surface area contributed by atoms with E-state index in [1.807, 2.05) is 0 Å². The van der Waals surface area contributed by atoms with Crippen molar-refractivity contribution in [1.82, 2.24) is 0 Å². The van der Waals surface area contributed by atoms with Crippen LogP contribution in [0.5, 0.6) is 5.75 Å². The second-order valence-corrected chi connectivity index (χ2v) is 9.21. The first-order valence-electron chi connectivity index (χ1n) is 8.47. The maximum atomic E-state index is 12.2. The first-order valence-corrected chi connectivity index (χ1v) is 11.3. The molecule has 7 nitrogen and oxygen atoms in total. The predicted molar refractivity (Wildman–Crippen MR) is 107 cm³/mol. The van der Waals surface area contributed by atoms with Gasteiger partial charge in [0.25, 0.3) is 20.2 Å². The van der Waals surface area contributed by atoms with Crippen molar-refractivity contribution < 1.29 is 31.0 Å². The zero-order chi connectivity index (χ0) is 21.4. The number of hydrogen-bond donors (Lipinski definition) is 3. The van der Waals surface area contributed by atoms with Gasteiger partial charge in [-0.2, -0.15) is 16.8 Å². The van der Waals surface area contributed by atoms with E-state index in [0.29, 0.717) is 5.56 Å². The van der Waals surface area contributed by atoms with Gasteiger partial charge in [0.15, 0.2) is 0 Å². The van der Waals surface area contributed by atoms with E-state index in [9.17, 15) is 31.0 Å². The van der Waals surface area contributed by atoms with E-state index < -0.39 is 47.3 Å². The zero-order valence-electron chi connectivity index (χ0n) is 15.2.